The van der Waals surface area contributed by atoms with Crippen molar-refractivity contribution in [2.24, 2.45) is 0 Å². The van der Waals surface area contributed by atoms with Crippen molar-refractivity contribution in [1.82, 2.24) is 15.0 Å². The molecule has 0 amide bonds. The molecule has 21 heavy (non-hydrogen) atoms. The molecule has 5 nitrogen and oxygen atoms in total. The molecule has 0 aliphatic heterocycles. The Morgan fingerprint density at radius 2 is 2.10 bits per heavy atom. The highest BCUT2D eigenvalue weighted by molar-refractivity contribution is 6.31. The summed E-state index contributed by atoms with van der Waals surface area (Å²) in [6.07, 6.45) is 4.40. The van der Waals surface area contributed by atoms with Crippen LogP contribution in [0.3, 0.4) is 0 Å². The summed E-state index contributed by atoms with van der Waals surface area (Å²) >= 11 is 11.9. The van der Waals surface area contributed by atoms with Crippen molar-refractivity contribution in [3.8, 4) is 0 Å². The van der Waals surface area contributed by atoms with E-state index in [1.807, 2.05) is 6.92 Å². The van der Waals surface area contributed by atoms with Gasteiger partial charge in [0.15, 0.2) is 5.82 Å². The number of aromatic nitrogens is 3. The minimum absolute atomic E-state index is 0.0102. The number of fused-ring (bicyclic) bond motifs is 1. The smallest absolute Gasteiger partial charge is 0.225 e. The first-order valence-corrected chi connectivity index (χ1v) is 7.61. The van der Waals surface area contributed by atoms with Gasteiger partial charge in [-0.2, -0.15) is 4.98 Å². The van der Waals surface area contributed by atoms with Gasteiger partial charge in [-0.15, -0.1) is 0 Å². The van der Waals surface area contributed by atoms with Crippen LogP contribution in [0.4, 0.5) is 5.82 Å². The maximum Gasteiger partial charge on any atom is 0.225 e. The minimum atomic E-state index is -0.484. The number of aliphatic hydroxyl groups is 1. The first kappa shape index (κ1) is 16.2. The van der Waals surface area contributed by atoms with Crippen LogP contribution in [-0.2, 0) is 0 Å². The van der Waals surface area contributed by atoms with Gasteiger partial charge < -0.3 is 10.4 Å². The lowest BCUT2D eigenvalue weighted by atomic mass is 9.96. The molecule has 0 radical (unpaired) electrons. The summed E-state index contributed by atoms with van der Waals surface area (Å²) in [4.78, 5) is 12.6. The number of anilines is 1. The van der Waals surface area contributed by atoms with E-state index in [2.05, 4.69) is 27.2 Å². The zero-order valence-electron chi connectivity index (χ0n) is 12.0. The summed E-state index contributed by atoms with van der Waals surface area (Å²) in [7, 11) is 0. The van der Waals surface area contributed by atoms with Gasteiger partial charge in [0.05, 0.1) is 22.7 Å². The van der Waals surface area contributed by atoms with Crippen LogP contribution in [-0.4, -0.2) is 32.2 Å². The van der Waals surface area contributed by atoms with Crippen LogP contribution in [0.1, 0.15) is 33.1 Å². The lowest BCUT2D eigenvalue weighted by molar-refractivity contribution is 0.212. The van der Waals surface area contributed by atoms with Gasteiger partial charge in [0.2, 0.25) is 5.28 Å². The topological polar surface area (TPSA) is 70.9 Å². The number of aliphatic hydroxyl groups excluding tert-OH is 1. The molecule has 2 N–H and O–H groups in total. The molecule has 7 heteroatoms. The van der Waals surface area contributed by atoms with Gasteiger partial charge in [-0.1, -0.05) is 31.4 Å². The number of nitrogens with one attached hydrogen (secondary N) is 1. The number of nitrogens with zero attached hydrogens (tertiary/aromatic N) is 3. The standard InChI is InChI=1S/C14H18Cl2N4O/c1-3-4-5-14(2,8-21)20-12-11-10(18-13(16)19-12)6-9(15)7-17-11/h6-7,21H,3-5,8H2,1-2H3,(H,18,19,20). The van der Waals surface area contributed by atoms with Crippen molar-refractivity contribution >= 4 is 40.1 Å². The molecule has 114 valence electrons. The lowest BCUT2D eigenvalue weighted by Crippen LogP contribution is -2.39. The van der Waals surface area contributed by atoms with Gasteiger partial charge in [-0.25, -0.2) is 9.97 Å². The second kappa shape index (κ2) is 6.73. The van der Waals surface area contributed by atoms with Crippen molar-refractivity contribution in [1.29, 1.82) is 0 Å². The van der Waals surface area contributed by atoms with Crippen LogP contribution >= 0.6 is 23.2 Å². The Labute approximate surface area is 133 Å². The summed E-state index contributed by atoms with van der Waals surface area (Å²) in [5, 5.41) is 13.5. The predicted molar refractivity (Wildman–Crippen MR) is 86.0 cm³/mol. The molecule has 0 spiro atoms. The largest absolute Gasteiger partial charge is 0.394 e. The molecule has 0 fully saturated rings. The molecule has 0 aliphatic carbocycles. The van der Waals surface area contributed by atoms with Gasteiger partial charge in [0, 0.05) is 6.20 Å². The number of hydrogen-bond acceptors (Lipinski definition) is 5. The highest BCUT2D eigenvalue weighted by Gasteiger charge is 2.24. The molecule has 1 atom stereocenters. The Morgan fingerprint density at radius 1 is 1.33 bits per heavy atom. The Bertz CT molecular complexity index is 632. The van der Waals surface area contributed by atoms with Crippen molar-refractivity contribution in [3.63, 3.8) is 0 Å². The highest BCUT2D eigenvalue weighted by Crippen LogP contribution is 2.26. The van der Waals surface area contributed by atoms with Crippen LogP contribution in [0, 0.1) is 0 Å². The number of halogens is 2. The Balaban J connectivity index is 2.41. The van der Waals surface area contributed by atoms with Crippen LogP contribution in [0.25, 0.3) is 11.0 Å². The monoisotopic (exact) mass is 328 g/mol. The molecule has 0 aromatic carbocycles. The van der Waals surface area contributed by atoms with Crippen LogP contribution in [0.2, 0.25) is 10.3 Å². The van der Waals surface area contributed by atoms with Crippen molar-refractivity contribution < 1.29 is 5.11 Å². The van der Waals surface area contributed by atoms with Gasteiger partial charge in [-0.05, 0) is 31.0 Å². The summed E-state index contributed by atoms with van der Waals surface area (Å²) < 4.78 is 0. The van der Waals surface area contributed by atoms with E-state index < -0.39 is 5.54 Å². The zero-order valence-corrected chi connectivity index (χ0v) is 13.5. The van der Waals surface area contributed by atoms with E-state index in [0.717, 1.165) is 19.3 Å². The third-order valence-corrected chi connectivity index (χ3v) is 3.70. The Kier molecular flexibility index (Phi) is 5.19. The molecule has 2 aromatic rings. The molecular weight excluding hydrogens is 311 g/mol. The fraction of sp³-hybridized carbons (Fsp3) is 0.500. The summed E-state index contributed by atoms with van der Waals surface area (Å²) in [6, 6.07) is 1.69. The number of unbranched alkanes of at least 4 members (excludes halogenated alkanes) is 1. The van der Waals surface area contributed by atoms with Crippen molar-refractivity contribution in [2.75, 3.05) is 11.9 Å². The maximum atomic E-state index is 9.68. The second-order valence-electron chi connectivity index (χ2n) is 5.31. The van der Waals surface area contributed by atoms with E-state index in [1.54, 1.807) is 6.07 Å². The van der Waals surface area contributed by atoms with Gasteiger partial charge in [0.25, 0.3) is 0 Å². The highest BCUT2D eigenvalue weighted by atomic mass is 35.5. The number of pyridine rings is 1. The quantitative estimate of drug-likeness (QED) is 0.791. The lowest BCUT2D eigenvalue weighted by Gasteiger charge is -2.29. The molecule has 2 rings (SSSR count). The molecule has 0 aliphatic rings. The fourth-order valence-corrected chi connectivity index (χ4v) is 2.41. The average molecular weight is 329 g/mol. The van der Waals surface area contributed by atoms with E-state index in [4.69, 9.17) is 23.2 Å². The van der Waals surface area contributed by atoms with E-state index >= 15 is 0 Å². The Hall–Kier alpha value is -1.17. The first-order chi connectivity index (χ1) is 9.97. The molecule has 0 saturated heterocycles. The molecule has 1 unspecified atom stereocenters. The van der Waals surface area contributed by atoms with E-state index in [-0.39, 0.29) is 11.9 Å². The molecule has 0 bridgehead atoms. The summed E-state index contributed by atoms with van der Waals surface area (Å²) in [6.45, 7) is 4.04. The molecule has 2 aromatic heterocycles. The average Bonchev–Trinajstić information content (AvgIpc) is 2.44. The predicted octanol–water partition coefficient (Wildman–Crippen LogP) is 3.68. The summed E-state index contributed by atoms with van der Waals surface area (Å²) in [5.74, 6) is 0.509. The molecule has 2 heterocycles. The van der Waals surface area contributed by atoms with E-state index in [1.165, 1.54) is 6.20 Å². The van der Waals surface area contributed by atoms with Crippen molar-refractivity contribution in [2.45, 2.75) is 38.6 Å². The van der Waals surface area contributed by atoms with Gasteiger partial charge in [0.1, 0.15) is 5.52 Å². The SMILES string of the molecule is CCCCC(C)(CO)Nc1nc(Cl)nc2cc(Cl)cnc12. The van der Waals surface area contributed by atoms with Crippen LogP contribution < -0.4 is 5.32 Å². The van der Waals surface area contributed by atoms with E-state index in [9.17, 15) is 5.11 Å². The van der Waals surface area contributed by atoms with Crippen LogP contribution in [0.15, 0.2) is 12.3 Å². The van der Waals surface area contributed by atoms with Crippen LogP contribution in [0.5, 0.6) is 0 Å². The van der Waals surface area contributed by atoms with Crippen molar-refractivity contribution in [3.05, 3.63) is 22.6 Å². The van der Waals surface area contributed by atoms with Gasteiger partial charge >= 0.3 is 0 Å². The molecular formula is C14H18Cl2N4O. The first-order valence-electron chi connectivity index (χ1n) is 6.85. The summed E-state index contributed by atoms with van der Waals surface area (Å²) in [5.41, 5.74) is 0.669. The molecule has 0 saturated carbocycles. The maximum absolute atomic E-state index is 9.68. The third-order valence-electron chi connectivity index (χ3n) is 3.33. The Morgan fingerprint density at radius 3 is 2.76 bits per heavy atom. The third kappa shape index (κ3) is 3.93. The number of hydrogen-bond donors (Lipinski definition) is 2. The second-order valence-corrected chi connectivity index (χ2v) is 6.08. The normalized spacial score (nSPS) is 14.1. The minimum Gasteiger partial charge on any atom is -0.394 e. The van der Waals surface area contributed by atoms with Gasteiger partial charge in [-0.3, -0.25) is 0 Å². The number of rotatable bonds is 6. The van der Waals surface area contributed by atoms with E-state index in [0.29, 0.717) is 21.9 Å². The fourth-order valence-electron chi connectivity index (χ4n) is 2.09. The zero-order chi connectivity index (χ0) is 15.5.